The molecular weight excluding hydrogens is 154 g/mol. The Morgan fingerprint density at radius 3 is 2.58 bits per heavy atom. The summed E-state index contributed by atoms with van der Waals surface area (Å²) in [5.41, 5.74) is 2.60. The summed E-state index contributed by atoms with van der Waals surface area (Å²) in [4.78, 5) is 4.02. The molecule has 0 amide bonds. The third kappa shape index (κ3) is 1.76. The van der Waals surface area contributed by atoms with Gasteiger partial charge in [0.2, 0.25) is 0 Å². The van der Waals surface area contributed by atoms with Crippen LogP contribution in [0.25, 0.3) is 0 Å². The number of nitrogens with two attached hydrogens (primary N) is 1. The van der Waals surface area contributed by atoms with Crippen LogP contribution in [0.15, 0.2) is 4.99 Å². The molecule has 1 saturated carbocycles. The minimum Gasteiger partial charge on any atom is -0.378 e. The first-order valence-corrected chi connectivity index (χ1v) is 4.24. The van der Waals surface area contributed by atoms with Gasteiger partial charge in [0.25, 0.3) is 0 Å². The second-order valence-electron chi connectivity index (χ2n) is 3.23. The first-order chi connectivity index (χ1) is 5.76. The number of hydrogen-bond donors (Lipinski definition) is 2. The number of nitrogens with zero attached hydrogens (tertiary/aromatic N) is 1. The molecule has 4 nitrogen and oxygen atoms in total. The SMILES string of the molecule is CN=C(CC1(OC)CCC1)NN. The van der Waals surface area contributed by atoms with Gasteiger partial charge in [-0.25, -0.2) is 5.84 Å². The Kier molecular flexibility index (Phi) is 3.05. The van der Waals surface area contributed by atoms with Crippen LogP contribution in [0.3, 0.4) is 0 Å². The van der Waals surface area contributed by atoms with E-state index >= 15 is 0 Å². The lowest BCUT2D eigenvalue weighted by Crippen LogP contribution is -2.45. The molecule has 3 N–H and O–H groups in total. The van der Waals surface area contributed by atoms with Crippen LogP contribution in [0, 0.1) is 0 Å². The molecule has 0 radical (unpaired) electrons. The van der Waals surface area contributed by atoms with Gasteiger partial charge in [0, 0.05) is 20.6 Å². The Bertz CT molecular complexity index is 170. The summed E-state index contributed by atoms with van der Waals surface area (Å²) in [5.74, 6) is 6.10. The first kappa shape index (κ1) is 9.48. The van der Waals surface area contributed by atoms with E-state index < -0.39 is 0 Å². The van der Waals surface area contributed by atoms with E-state index in [1.807, 2.05) is 0 Å². The van der Waals surface area contributed by atoms with E-state index in [1.165, 1.54) is 6.42 Å². The fraction of sp³-hybridized carbons (Fsp3) is 0.875. The molecule has 1 aliphatic rings. The number of hydrogen-bond acceptors (Lipinski definition) is 3. The topological polar surface area (TPSA) is 59.6 Å². The predicted octanol–water partition coefficient (Wildman–Crippen LogP) is 0.437. The summed E-state index contributed by atoms with van der Waals surface area (Å²) >= 11 is 0. The molecule has 1 aliphatic carbocycles. The lowest BCUT2D eigenvalue weighted by molar-refractivity contribution is -0.0658. The smallest absolute Gasteiger partial charge is 0.113 e. The van der Waals surface area contributed by atoms with Crippen LogP contribution in [0.4, 0.5) is 0 Å². The molecule has 1 fully saturated rings. The summed E-state index contributed by atoms with van der Waals surface area (Å²) in [6, 6.07) is 0. The van der Waals surface area contributed by atoms with Gasteiger partial charge >= 0.3 is 0 Å². The van der Waals surface area contributed by atoms with Crippen LogP contribution < -0.4 is 11.3 Å². The van der Waals surface area contributed by atoms with E-state index in [9.17, 15) is 0 Å². The average molecular weight is 171 g/mol. The van der Waals surface area contributed by atoms with Crippen molar-refractivity contribution >= 4 is 5.84 Å². The molecule has 0 aliphatic heterocycles. The van der Waals surface area contributed by atoms with Gasteiger partial charge in [0.15, 0.2) is 0 Å². The normalized spacial score (nSPS) is 21.8. The zero-order valence-corrected chi connectivity index (χ0v) is 7.76. The number of aliphatic imine (C=N–C) groups is 1. The molecule has 0 atom stereocenters. The van der Waals surface area contributed by atoms with Gasteiger partial charge in [0.05, 0.1) is 5.60 Å². The van der Waals surface area contributed by atoms with Gasteiger partial charge in [-0.2, -0.15) is 0 Å². The first-order valence-electron chi connectivity index (χ1n) is 4.24. The molecular formula is C8H17N3O. The van der Waals surface area contributed by atoms with Gasteiger partial charge in [-0.15, -0.1) is 0 Å². The summed E-state index contributed by atoms with van der Waals surface area (Å²) in [6.07, 6.45) is 4.28. The van der Waals surface area contributed by atoms with Gasteiger partial charge in [-0.3, -0.25) is 4.99 Å². The van der Waals surface area contributed by atoms with Crippen molar-refractivity contribution in [3.63, 3.8) is 0 Å². The monoisotopic (exact) mass is 171 g/mol. The van der Waals surface area contributed by atoms with E-state index in [-0.39, 0.29) is 5.60 Å². The van der Waals surface area contributed by atoms with Crippen molar-refractivity contribution in [3.05, 3.63) is 0 Å². The number of ether oxygens (including phenoxy) is 1. The van der Waals surface area contributed by atoms with Gasteiger partial charge in [-0.1, -0.05) is 0 Å². The van der Waals surface area contributed by atoms with Crippen molar-refractivity contribution in [2.75, 3.05) is 14.2 Å². The van der Waals surface area contributed by atoms with E-state index in [0.717, 1.165) is 25.1 Å². The minimum atomic E-state index is 0.0151. The largest absolute Gasteiger partial charge is 0.378 e. The second-order valence-corrected chi connectivity index (χ2v) is 3.23. The maximum atomic E-state index is 5.43. The van der Waals surface area contributed by atoms with Gasteiger partial charge in [0.1, 0.15) is 5.84 Å². The summed E-state index contributed by atoms with van der Waals surface area (Å²) in [5, 5.41) is 0. The van der Waals surface area contributed by atoms with Gasteiger partial charge in [-0.05, 0) is 19.3 Å². The van der Waals surface area contributed by atoms with Crippen molar-refractivity contribution < 1.29 is 4.74 Å². The highest BCUT2D eigenvalue weighted by molar-refractivity contribution is 5.82. The van der Waals surface area contributed by atoms with E-state index in [4.69, 9.17) is 10.6 Å². The van der Waals surface area contributed by atoms with Crippen LogP contribution in [-0.4, -0.2) is 25.6 Å². The minimum absolute atomic E-state index is 0.0151. The van der Waals surface area contributed by atoms with E-state index in [1.54, 1.807) is 14.2 Å². The third-order valence-corrected chi connectivity index (χ3v) is 2.62. The Morgan fingerprint density at radius 1 is 1.67 bits per heavy atom. The second kappa shape index (κ2) is 3.87. The van der Waals surface area contributed by atoms with Gasteiger partial charge < -0.3 is 10.2 Å². The fourth-order valence-corrected chi connectivity index (χ4v) is 1.52. The van der Waals surface area contributed by atoms with Crippen LogP contribution in [0.2, 0.25) is 0 Å². The molecule has 0 saturated heterocycles. The third-order valence-electron chi connectivity index (χ3n) is 2.62. The van der Waals surface area contributed by atoms with Crippen molar-refractivity contribution in [2.24, 2.45) is 10.8 Å². The molecule has 0 spiro atoms. The predicted molar refractivity (Wildman–Crippen MR) is 48.9 cm³/mol. The molecule has 4 heteroatoms. The number of amidine groups is 1. The van der Waals surface area contributed by atoms with Crippen molar-refractivity contribution in [2.45, 2.75) is 31.3 Å². The zero-order valence-electron chi connectivity index (χ0n) is 7.76. The number of hydrazine groups is 1. The maximum Gasteiger partial charge on any atom is 0.113 e. The Balaban J connectivity index is 2.47. The van der Waals surface area contributed by atoms with Crippen molar-refractivity contribution in [1.29, 1.82) is 0 Å². The molecule has 0 aromatic carbocycles. The molecule has 12 heavy (non-hydrogen) atoms. The molecule has 0 aromatic heterocycles. The fourth-order valence-electron chi connectivity index (χ4n) is 1.52. The highest BCUT2D eigenvalue weighted by atomic mass is 16.5. The quantitative estimate of drug-likeness (QED) is 0.280. The molecule has 0 bridgehead atoms. The molecule has 0 heterocycles. The molecule has 0 unspecified atom stereocenters. The number of rotatable bonds is 3. The number of methoxy groups -OCH3 is 1. The van der Waals surface area contributed by atoms with Crippen LogP contribution in [0.1, 0.15) is 25.7 Å². The van der Waals surface area contributed by atoms with Crippen molar-refractivity contribution in [3.8, 4) is 0 Å². The standard InChI is InChI=1S/C8H17N3O/c1-10-7(11-9)6-8(12-2)4-3-5-8/h3-6,9H2,1-2H3,(H,10,11). The maximum absolute atomic E-state index is 5.43. The molecule has 1 rings (SSSR count). The van der Waals surface area contributed by atoms with Crippen LogP contribution in [-0.2, 0) is 4.74 Å². The van der Waals surface area contributed by atoms with E-state index in [2.05, 4.69) is 10.4 Å². The highest BCUT2D eigenvalue weighted by Gasteiger charge is 2.37. The van der Waals surface area contributed by atoms with Crippen LogP contribution in [0.5, 0.6) is 0 Å². The highest BCUT2D eigenvalue weighted by Crippen LogP contribution is 2.37. The summed E-state index contributed by atoms with van der Waals surface area (Å²) in [7, 11) is 3.49. The Labute approximate surface area is 73.2 Å². The van der Waals surface area contributed by atoms with Crippen molar-refractivity contribution in [1.82, 2.24) is 5.43 Å². The van der Waals surface area contributed by atoms with E-state index in [0.29, 0.717) is 0 Å². The summed E-state index contributed by atoms with van der Waals surface area (Å²) < 4.78 is 5.43. The summed E-state index contributed by atoms with van der Waals surface area (Å²) in [6.45, 7) is 0. The van der Waals surface area contributed by atoms with Crippen LogP contribution >= 0.6 is 0 Å². The molecule has 0 aromatic rings. The average Bonchev–Trinajstić information content (AvgIpc) is 2.05. The Hall–Kier alpha value is -0.610. The molecule has 70 valence electrons. The lowest BCUT2D eigenvalue weighted by atomic mass is 9.77. The number of nitrogens with one attached hydrogen (secondary N) is 1. The Morgan fingerprint density at radius 2 is 2.33 bits per heavy atom. The lowest BCUT2D eigenvalue weighted by Gasteiger charge is -2.40. The zero-order chi connectivity index (χ0) is 9.03.